The van der Waals surface area contributed by atoms with E-state index in [9.17, 15) is 4.79 Å². The third-order valence-corrected chi connectivity index (χ3v) is 2.56. The van der Waals surface area contributed by atoms with E-state index in [4.69, 9.17) is 16.7 Å². The third-order valence-electron chi connectivity index (χ3n) is 2.32. The molecular formula is C12H11ClN2O2. The Kier molecular flexibility index (Phi) is 3.15. The van der Waals surface area contributed by atoms with Gasteiger partial charge in [0.1, 0.15) is 0 Å². The first-order chi connectivity index (χ1) is 8.06. The number of aliphatic carboxylic acids is 1. The van der Waals surface area contributed by atoms with Gasteiger partial charge in [0.25, 0.3) is 0 Å². The molecule has 1 N–H and O–H groups in total. The molecule has 0 aliphatic heterocycles. The summed E-state index contributed by atoms with van der Waals surface area (Å²) >= 11 is 5.90. The number of aromatic nitrogens is 2. The van der Waals surface area contributed by atoms with Gasteiger partial charge in [-0.1, -0.05) is 17.7 Å². The molecular weight excluding hydrogens is 240 g/mol. The van der Waals surface area contributed by atoms with E-state index in [1.54, 1.807) is 22.9 Å². The van der Waals surface area contributed by atoms with Crippen LogP contribution in [0.1, 0.15) is 11.4 Å². The van der Waals surface area contributed by atoms with Crippen molar-refractivity contribution in [3.05, 3.63) is 46.7 Å². The van der Waals surface area contributed by atoms with Crippen LogP contribution in [0, 0.1) is 6.92 Å². The van der Waals surface area contributed by atoms with Crippen LogP contribution in [0.2, 0.25) is 5.02 Å². The Balaban J connectivity index is 2.39. The molecule has 2 aromatic rings. The maximum atomic E-state index is 10.6. The smallest absolute Gasteiger partial charge is 0.309 e. The van der Waals surface area contributed by atoms with Crippen molar-refractivity contribution in [2.75, 3.05) is 0 Å². The lowest BCUT2D eigenvalue weighted by molar-refractivity contribution is -0.136. The number of carbonyl (C=O) groups is 1. The highest BCUT2D eigenvalue weighted by Crippen LogP contribution is 2.16. The Morgan fingerprint density at radius 1 is 1.47 bits per heavy atom. The molecule has 1 aromatic heterocycles. The van der Waals surface area contributed by atoms with Crippen LogP contribution in [-0.4, -0.2) is 20.9 Å². The van der Waals surface area contributed by atoms with E-state index >= 15 is 0 Å². The second-order valence-electron chi connectivity index (χ2n) is 3.74. The molecule has 0 saturated heterocycles. The Hall–Kier alpha value is -1.81. The van der Waals surface area contributed by atoms with Gasteiger partial charge in [0.2, 0.25) is 0 Å². The van der Waals surface area contributed by atoms with Gasteiger partial charge in [-0.15, -0.1) is 0 Å². The van der Waals surface area contributed by atoms with Crippen molar-refractivity contribution >= 4 is 17.6 Å². The first-order valence-electron chi connectivity index (χ1n) is 5.09. The minimum Gasteiger partial charge on any atom is -0.481 e. The van der Waals surface area contributed by atoms with E-state index < -0.39 is 5.97 Å². The Morgan fingerprint density at radius 2 is 2.24 bits per heavy atom. The van der Waals surface area contributed by atoms with E-state index in [-0.39, 0.29) is 6.42 Å². The summed E-state index contributed by atoms with van der Waals surface area (Å²) in [5.41, 5.74) is 2.24. The number of carboxylic acids is 1. The van der Waals surface area contributed by atoms with Crippen LogP contribution in [-0.2, 0) is 11.2 Å². The molecule has 0 aliphatic carbocycles. The van der Waals surface area contributed by atoms with Crippen molar-refractivity contribution in [3.8, 4) is 5.69 Å². The van der Waals surface area contributed by atoms with Crippen LogP contribution in [0.15, 0.2) is 30.3 Å². The molecule has 0 unspecified atom stereocenters. The fourth-order valence-electron chi connectivity index (χ4n) is 1.65. The molecule has 5 heteroatoms. The number of benzene rings is 1. The van der Waals surface area contributed by atoms with E-state index in [0.717, 1.165) is 11.4 Å². The summed E-state index contributed by atoms with van der Waals surface area (Å²) < 4.78 is 1.68. The lowest BCUT2D eigenvalue weighted by atomic mass is 10.3. The second-order valence-corrected chi connectivity index (χ2v) is 4.18. The van der Waals surface area contributed by atoms with Crippen molar-refractivity contribution in [2.24, 2.45) is 0 Å². The van der Waals surface area contributed by atoms with Crippen LogP contribution in [0.25, 0.3) is 5.69 Å². The second kappa shape index (κ2) is 4.59. The van der Waals surface area contributed by atoms with Gasteiger partial charge in [0, 0.05) is 10.7 Å². The molecule has 88 valence electrons. The van der Waals surface area contributed by atoms with Crippen molar-refractivity contribution in [1.29, 1.82) is 0 Å². The standard InChI is InChI=1S/C12H11ClN2O2/c1-8-5-10(7-12(16)17)14-15(8)11-4-2-3-9(13)6-11/h2-6H,7H2,1H3,(H,16,17). The summed E-state index contributed by atoms with van der Waals surface area (Å²) in [6.07, 6.45) is -0.0750. The number of halogens is 1. The number of aryl methyl sites for hydroxylation is 1. The van der Waals surface area contributed by atoms with Crippen LogP contribution >= 0.6 is 11.6 Å². The maximum Gasteiger partial charge on any atom is 0.309 e. The van der Waals surface area contributed by atoms with Crippen LogP contribution < -0.4 is 0 Å². The van der Waals surface area contributed by atoms with Gasteiger partial charge < -0.3 is 5.11 Å². The molecule has 0 saturated carbocycles. The topological polar surface area (TPSA) is 55.1 Å². The molecule has 2 rings (SSSR count). The summed E-state index contributed by atoms with van der Waals surface area (Å²) in [6.45, 7) is 1.87. The fourth-order valence-corrected chi connectivity index (χ4v) is 1.83. The van der Waals surface area contributed by atoms with Crippen LogP contribution in [0.4, 0.5) is 0 Å². The summed E-state index contributed by atoms with van der Waals surface area (Å²) in [6, 6.07) is 9.02. The van der Waals surface area contributed by atoms with Gasteiger partial charge >= 0.3 is 5.97 Å². The zero-order valence-corrected chi connectivity index (χ0v) is 9.98. The summed E-state index contributed by atoms with van der Waals surface area (Å²) in [5, 5.41) is 13.6. The average molecular weight is 251 g/mol. The highest BCUT2D eigenvalue weighted by molar-refractivity contribution is 6.30. The van der Waals surface area contributed by atoms with Gasteiger partial charge in [0.05, 0.1) is 17.8 Å². The van der Waals surface area contributed by atoms with Gasteiger partial charge in [-0.25, -0.2) is 4.68 Å². The predicted molar refractivity (Wildman–Crippen MR) is 64.7 cm³/mol. The predicted octanol–water partition coefficient (Wildman–Crippen LogP) is 2.46. The minimum atomic E-state index is -0.888. The molecule has 17 heavy (non-hydrogen) atoms. The normalized spacial score (nSPS) is 10.5. The number of nitrogens with zero attached hydrogens (tertiary/aromatic N) is 2. The number of hydrogen-bond acceptors (Lipinski definition) is 2. The van der Waals surface area contributed by atoms with E-state index in [1.165, 1.54) is 0 Å². The largest absolute Gasteiger partial charge is 0.481 e. The van der Waals surface area contributed by atoms with Crippen LogP contribution in [0.3, 0.4) is 0 Å². The third kappa shape index (κ3) is 2.65. The summed E-state index contributed by atoms with van der Waals surface area (Å²) in [4.78, 5) is 10.6. The molecule has 1 heterocycles. The zero-order chi connectivity index (χ0) is 12.4. The molecule has 1 aromatic carbocycles. The van der Waals surface area contributed by atoms with Crippen molar-refractivity contribution in [3.63, 3.8) is 0 Å². The van der Waals surface area contributed by atoms with E-state index in [0.29, 0.717) is 10.7 Å². The molecule has 0 aliphatic rings. The van der Waals surface area contributed by atoms with Crippen molar-refractivity contribution in [2.45, 2.75) is 13.3 Å². The highest BCUT2D eigenvalue weighted by Gasteiger charge is 2.09. The Morgan fingerprint density at radius 3 is 2.88 bits per heavy atom. The van der Waals surface area contributed by atoms with Crippen LogP contribution in [0.5, 0.6) is 0 Å². The monoisotopic (exact) mass is 250 g/mol. The summed E-state index contributed by atoms with van der Waals surface area (Å²) in [5.74, 6) is -0.888. The van der Waals surface area contributed by atoms with Gasteiger partial charge in [-0.2, -0.15) is 5.10 Å². The number of rotatable bonds is 3. The first kappa shape index (κ1) is 11.7. The lowest BCUT2D eigenvalue weighted by Crippen LogP contribution is -2.03. The van der Waals surface area contributed by atoms with E-state index in [1.807, 2.05) is 19.1 Å². The highest BCUT2D eigenvalue weighted by atomic mass is 35.5. The minimum absolute atomic E-state index is 0.0750. The summed E-state index contributed by atoms with van der Waals surface area (Å²) in [7, 11) is 0. The van der Waals surface area contributed by atoms with Crippen molar-refractivity contribution in [1.82, 2.24) is 9.78 Å². The molecule has 4 nitrogen and oxygen atoms in total. The maximum absolute atomic E-state index is 10.6. The Labute approximate surface area is 103 Å². The Bertz CT molecular complexity index is 563. The molecule has 0 radical (unpaired) electrons. The van der Waals surface area contributed by atoms with Gasteiger partial charge in [-0.05, 0) is 31.2 Å². The quantitative estimate of drug-likeness (QED) is 0.910. The van der Waals surface area contributed by atoms with Gasteiger partial charge in [-0.3, -0.25) is 4.79 Å². The lowest BCUT2D eigenvalue weighted by Gasteiger charge is -2.03. The molecule has 0 spiro atoms. The zero-order valence-electron chi connectivity index (χ0n) is 9.22. The molecule has 0 amide bonds. The molecule has 0 atom stereocenters. The van der Waals surface area contributed by atoms with Gasteiger partial charge in [0.15, 0.2) is 0 Å². The fraction of sp³-hybridized carbons (Fsp3) is 0.167. The number of carboxylic acid groups (broad SMARTS) is 1. The van der Waals surface area contributed by atoms with E-state index in [2.05, 4.69) is 5.10 Å². The molecule has 0 bridgehead atoms. The number of hydrogen-bond donors (Lipinski definition) is 1. The van der Waals surface area contributed by atoms with Crippen molar-refractivity contribution < 1.29 is 9.90 Å². The molecule has 0 fully saturated rings. The first-order valence-corrected chi connectivity index (χ1v) is 5.47. The SMILES string of the molecule is Cc1cc(CC(=O)O)nn1-c1cccc(Cl)c1. The average Bonchev–Trinajstić information content (AvgIpc) is 2.58.